The molecule has 1 aliphatic heterocycles. The maximum atomic E-state index is 13.1. The van der Waals surface area contributed by atoms with E-state index in [1.54, 1.807) is 6.07 Å². The van der Waals surface area contributed by atoms with Crippen LogP contribution in [0.1, 0.15) is 59.9 Å². The molecule has 2 fully saturated rings. The Morgan fingerprint density at radius 1 is 1.14 bits per heavy atom. The Bertz CT molecular complexity index is 1410. The van der Waals surface area contributed by atoms with Gasteiger partial charge in [-0.3, -0.25) is 9.59 Å². The van der Waals surface area contributed by atoms with Gasteiger partial charge in [0.2, 0.25) is 0 Å². The summed E-state index contributed by atoms with van der Waals surface area (Å²) in [5, 5.41) is 6.03. The van der Waals surface area contributed by atoms with Crippen LogP contribution in [0.25, 0.3) is 16.7 Å². The highest BCUT2D eigenvalue weighted by Gasteiger charge is 2.28. The number of hydrogen-bond acceptors (Lipinski definition) is 5. The number of fused-ring (bicyclic) bond motifs is 2. The summed E-state index contributed by atoms with van der Waals surface area (Å²) in [6, 6.07) is 9.43. The Kier molecular flexibility index (Phi) is 5.92. The molecule has 0 radical (unpaired) electrons. The van der Waals surface area contributed by atoms with E-state index in [4.69, 9.17) is 9.72 Å². The fourth-order valence-electron chi connectivity index (χ4n) is 5.14. The summed E-state index contributed by atoms with van der Waals surface area (Å²) in [5.74, 6) is 1.05. The number of nitrogens with zero attached hydrogens (tertiary/aromatic N) is 4. The van der Waals surface area contributed by atoms with Crippen molar-refractivity contribution in [3.8, 4) is 0 Å². The molecule has 6 rings (SSSR count). The third-order valence-electron chi connectivity index (χ3n) is 7.30. The van der Waals surface area contributed by atoms with E-state index < -0.39 is 6.10 Å². The molecule has 1 saturated heterocycles. The fourth-order valence-corrected chi connectivity index (χ4v) is 5.14. The molecule has 2 amide bonds. The first-order chi connectivity index (χ1) is 17.6. The zero-order chi connectivity index (χ0) is 24.6. The second-order valence-corrected chi connectivity index (χ2v) is 9.74. The van der Waals surface area contributed by atoms with Gasteiger partial charge in [0.05, 0.1) is 22.4 Å². The maximum Gasteiger partial charge on any atom is 0.253 e. The number of nitrogens with one attached hydrogen (secondary N) is 2. The molecule has 4 aromatic rings. The van der Waals surface area contributed by atoms with Crippen LogP contribution in [0.3, 0.4) is 0 Å². The van der Waals surface area contributed by atoms with Gasteiger partial charge in [-0.2, -0.15) is 0 Å². The van der Waals surface area contributed by atoms with Crippen LogP contribution in [0.15, 0.2) is 42.7 Å². The first-order valence-corrected chi connectivity index (χ1v) is 12.7. The van der Waals surface area contributed by atoms with E-state index in [1.807, 2.05) is 48.1 Å². The molecule has 1 aliphatic carbocycles. The number of aromatic nitrogens is 4. The molecule has 2 N–H and O–H groups in total. The van der Waals surface area contributed by atoms with Gasteiger partial charge in [0.15, 0.2) is 0 Å². The van der Waals surface area contributed by atoms with Crippen molar-refractivity contribution in [1.29, 1.82) is 0 Å². The van der Waals surface area contributed by atoms with Crippen LogP contribution in [0.2, 0.25) is 0 Å². The number of benzene rings is 1. The zero-order valence-electron chi connectivity index (χ0n) is 20.4. The summed E-state index contributed by atoms with van der Waals surface area (Å²) in [4.78, 5) is 35.5. The Hall–Kier alpha value is -3.72. The number of carbonyl (C=O) groups is 2. The molecule has 1 saturated carbocycles. The second kappa shape index (κ2) is 9.39. The third-order valence-corrected chi connectivity index (χ3v) is 7.30. The standard InChI is InChI=1S/C27H30N6O3/c1-32-24-20(30-25(32)17-6-4-7-17)14-18(15-21(24)31-27(35)22-8-5-13-36-22)26(34)28-11-10-19-16-33-12-3-2-9-23(33)29-19/h2-3,9,12,14-17,22H,4-8,10-11,13H2,1H3,(H,28,34)(H,31,35)/t22-/m1/s1. The summed E-state index contributed by atoms with van der Waals surface area (Å²) in [7, 11) is 1.99. The third kappa shape index (κ3) is 4.24. The number of aryl methyl sites for hydroxylation is 1. The lowest BCUT2D eigenvalue weighted by Gasteiger charge is -2.24. The molecule has 1 aromatic carbocycles. The molecule has 2 aliphatic rings. The molecule has 0 spiro atoms. The second-order valence-electron chi connectivity index (χ2n) is 9.74. The fraction of sp³-hybridized carbons (Fsp3) is 0.407. The minimum atomic E-state index is -0.456. The number of ether oxygens (including phenoxy) is 1. The van der Waals surface area contributed by atoms with E-state index in [0.29, 0.717) is 43.2 Å². The van der Waals surface area contributed by atoms with Gasteiger partial charge >= 0.3 is 0 Å². The van der Waals surface area contributed by atoms with E-state index in [9.17, 15) is 9.59 Å². The maximum absolute atomic E-state index is 13.1. The molecule has 186 valence electrons. The number of imidazole rings is 2. The Labute approximate surface area is 208 Å². The summed E-state index contributed by atoms with van der Waals surface area (Å²) in [5.41, 5.74) is 4.42. The van der Waals surface area contributed by atoms with E-state index in [1.165, 1.54) is 6.42 Å². The Balaban J connectivity index is 1.24. The summed E-state index contributed by atoms with van der Waals surface area (Å²) < 4.78 is 9.60. The largest absolute Gasteiger partial charge is 0.368 e. The molecule has 0 unspecified atom stereocenters. The van der Waals surface area contributed by atoms with Crippen molar-refractivity contribution in [2.24, 2.45) is 7.05 Å². The predicted molar refractivity (Wildman–Crippen MR) is 136 cm³/mol. The number of hydrogen-bond donors (Lipinski definition) is 2. The lowest BCUT2D eigenvalue weighted by Crippen LogP contribution is -2.28. The van der Waals surface area contributed by atoms with Crippen molar-refractivity contribution >= 4 is 34.2 Å². The lowest BCUT2D eigenvalue weighted by atomic mass is 9.85. The minimum Gasteiger partial charge on any atom is -0.368 e. The molecular weight excluding hydrogens is 456 g/mol. The van der Waals surface area contributed by atoms with Crippen LogP contribution in [-0.4, -0.2) is 50.0 Å². The van der Waals surface area contributed by atoms with Crippen LogP contribution in [0, 0.1) is 0 Å². The molecule has 0 bridgehead atoms. The van der Waals surface area contributed by atoms with Gasteiger partial charge in [-0.25, -0.2) is 9.97 Å². The first kappa shape index (κ1) is 22.7. The van der Waals surface area contributed by atoms with Crippen molar-refractivity contribution in [3.63, 3.8) is 0 Å². The highest BCUT2D eigenvalue weighted by molar-refractivity contribution is 6.06. The monoisotopic (exact) mass is 486 g/mol. The molecule has 4 heterocycles. The minimum absolute atomic E-state index is 0.176. The van der Waals surface area contributed by atoms with E-state index in [0.717, 1.165) is 47.5 Å². The highest BCUT2D eigenvalue weighted by Crippen LogP contribution is 2.38. The van der Waals surface area contributed by atoms with Crippen molar-refractivity contribution in [1.82, 2.24) is 24.3 Å². The van der Waals surface area contributed by atoms with Gasteiger partial charge in [0.25, 0.3) is 11.8 Å². The van der Waals surface area contributed by atoms with Gasteiger partial charge in [-0.15, -0.1) is 0 Å². The lowest BCUT2D eigenvalue weighted by molar-refractivity contribution is -0.124. The number of amides is 2. The summed E-state index contributed by atoms with van der Waals surface area (Å²) >= 11 is 0. The van der Waals surface area contributed by atoms with Crippen molar-refractivity contribution in [3.05, 3.63) is 59.8 Å². The van der Waals surface area contributed by atoms with Crippen LogP contribution in [0.4, 0.5) is 5.69 Å². The van der Waals surface area contributed by atoms with E-state index in [2.05, 4.69) is 20.2 Å². The van der Waals surface area contributed by atoms with E-state index >= 15 is 0 Å². The normalized spacial score (nSPS) is 18.0. The summed E-state index contributed by atoms with van der Waals surface area (Å²) in [6.45, 7) is 1.05. The topological polar surface area (TPSA) is 103 Å². The quantitative estimate of drug-likeness (QED) is 0.416. The van der Waals surface area contributed by atoms with Crippen LogP contribution in [-0.2, 0) is 23.0 Å². The average molecular weight is 487 g/mol. The van der Waals surface area contributed by atoms with Crippen molar-refractivity contribution in [2.45, 2.75) is 50.5 Å². The molecule has 1 atom stereocenters. The smallest absolute Gasteiger partial charge is 0.253 e. The number of rotatable bonds is 7. The van der Waals surface area contributed by atoms with Crippen LogP contribution < -0.4 is 10.6 Å². The Morgan fingerprint density at radius 2 is 2.03 bits per heavy atom. The average Bonchev–Trinajstić information content (AvgIpc) is 3.57. The molecule has 9 heteroatoms. The summed E-state index contributed by atoms with van der Waals surface area (Å²) in [6.07, 6.45) is 9.11. The SMILES string of the molecule is Cn1c(C2CCC2)nc2cc(C(=O)NCCc3cn4ccccc4n3)cc(NC(=O)[C@H]3CCCO3)c21. The molecule has 9 nitrogen and oxygen atoms in total. The van der Waals surface area contributed by atoms with Crippen LogP contribution >= 0.6 is 0 Å². The van der Waals surface area contributed by atoms with Gasteiger partial charge in [0, 0.05) is 50.5 Å². The van der Waals surface area contributed by atoms with Crippen molar-refractivity contribution in [2.75, 3.05) is 18.5 Å². The van der Waals surface area contributed by atoms with Gasteiger partial charge < -0.3 is 24.3 Å². The van der Waals surface area contributed by atoms with E-state index in [-0.39, 0.29) is 11.8 Å². The van der Waals surface area contributed by atoms with Crippen molar-refractivity contribution < 1.29 is 14.3 Å². The number of anilines is 1. The van der Waals surface area contributed by atoms with Gasteiger partial charge in [-0.1, -0.05) is 12.5 Å². The van der Waals surface area contributed by atoms with Gasteiger partial charge in [0.1, 0.15) is 17.6 Å². The van der Waals surface area contributed by atoms with Gasteiger partial charge in [-0.05, 0) is 49.9 Å². The number of pyridine rings is 1. The van der Waals surface area contributed by atoms with Crippen LogP contribution in [0.5, 0.6) is 0 Å². The number of carbonyl (C=O) groups excluding carboxylic acids is 2. The molecular formula is C27H30N6O3. The zero-order valence-corrected chi connectivity index (χ0v) is 20.4. The predicted octanol–water partition coefficient (Wildman–Crippen LogP) is 3.58. The Morgan fingerprint density at radius 3 is 2.78 bits per heavy atom. The first-order valence-electron chi connectivity index (χ1n) is 12.7. The highest BCUT2D eigenvalue weighted by atomic mass is 16.5. The molecule has 36 heavy (non-hydrogen) atoms. The molecule has 3 aromatic heterocycles.